The standard InChI is InChI=1S/C17H16ClNO2/c18-13-5-1-4-12(10-13)11-19-9-3-7-14-15(17(20)21)6-2-8-16(14)19/h1-2,4-6,8,10H,3,7,9,11H2,(H,20,21). The molecular weight excluding hydrogens is 286 g/mol. The fourth-order valence-electron chi connectivity index (χ4n) is 2.92. The number of nitrogens with zero attached hydrogens (tertiary/aromatic N) is 1. The molecule has 0 unspecified atom stereocenters. The summed E-state index contributed by atoms with van der Waals surface area (Å²) in [5, 5.41) is 10.0. The van der Waals surface area contributed by atoms with Crippen molar-refractivity contribution in [1.82, 2.24) is 0 Å². The normalized spacial score (nSPS) is 13.9. The van der Waals surface area contributed by atoms with E-state index in [2.05, 4.69) is 4.90 Å². The summed E-state index contributed by atoms with van der Waals surface area (Å²) in [4.78, 5) is 13.6. The van der Waals surface area contributed by atoms with Crippen LogP contribution in [0.4, 0.5) is 5.69 Å². The fraction of sp³-hybridized carbons (Fsp3) is 0.235. The molecule has 1 N–H and O–H groups in total. The predicted molar refractivity (Wildman–Crippen MR) is 84.2 cm³/mol. The van der Waals surface area contributed by atoms with Crippen molar-refractivity contribution in [3.63, 3.8) is 0 Å². The first-order chi connectivity index (χ1) is 10.1. The van der Waals surface area contributed by atoms with Gasteiger partial charge in [-0.2, -0.15) is 0 Å². The van der Waals surface area contributed by atoms with Gasteiger partial charge in [-0.1, -0.05) is 29.8 Å². The molecule has 1 aliphatic rings. The van der Waals surface area contributed by atoms with Crippen LogP contribution in [-0.2, 0) is 13.0 Å². The van der Waals surface area contributed by atoms with E-state index in [0.29, 0.717) is 5.56 Å². The smallest absolute Gasteiger partial charge is 0.336 e. The third-order valence-electron chi connectivity index (χ3n) is 3.84. The minimum atomic E-state index is -0.851. The van der Waals surface area contributed by atoms with Crippen molar-refractivity contribution < 1.29 is 9.90 Å². The van der Waals surface area contributed by atoms with E-state index < -0.39 is 5.97 Å². The molecule has 3 nitrogen and oxygen atoms in total. The second-order valence-corrected chi connectivity index (χ2v) is 5.70. The average Bonchev–Trinajstić information content (AvgIpc) is 2.47. The molecule has 0 spiro atoms. The first-order valence-electron chi connectivity index (χ1n) is 7.00. The number of hydrogen-bond donors (Lipinski definition) is 1. The van der Waals surface area contributed by atoms with Crippen molar-refractivity contribution in [3.05, 3.63) is 64.2 Å². The largest absolute Gasteiger partial charge is 0.478 e. The molecule has 0 radical (unpaired) electrons. The first-order valence-corrected chi connectivity index (χ1v) is 7.37. The van der Waals surface area contributed by atoms with Gasteiger partial charge < -0.3 is 10.0 Å². The monoisotopic (exact) mass is 301 g/mol. The summed E-state index contributed by atoms with van der Waals surface area (Å²) in [6.45, 7) is 1.68. The van der Waals surface area contributed by atoms with E-state index in [4.69, 9.17) is 11.6 Å². The third-order valence-corrected chi connectivity index (χ3v) is 4.07. The number of rotatable bonds is 3. The van der Waals surface area contributed by atoms with E-state index in [1.54, 1.807) is 6.07 Å². The molecule has 0 bridgehead atoms. The molecule has 0 amide bonds. The summed E-state index contributed by atoms with van der Waals surface area (Å²) in [6, 6.07) is 13.3. The minimum Gasteiger partial charge on any atom is -0.478 e. The number of anilines is 1. The van der Waals surface area contributed by atoms with Gasteiger partial charge in [0.1, 0.15) is 0 Å². The maximum Gasteiger partial charge on any atom is 0.336 e. The molecule has 1 aliphatic heterocycles. The molecule has 0 saturated heterocycles. The fourth-order valence-corrected chi connectivity index (χ4v) is 3.13. The van der Waals surface area contributed by atoms with Crippen LogP contribution in [0.15, 0.2) is 42.5 Å². The van der Waals surface area contributed by atoms with E-state index in [1.807, 2.05) is 36.4 Å². The number of benzene rings is 2. The number of carbonyl (C=O) groups is 1. The summed E-state index contributed by atoms with van der Waals surface area (Å²) in [5.41, 5.74) is 3.53. The summed E-state index contributed by atoms with van der Waals surface area (Å²) < 4.78 is 0. The van der Waals surface area contributed by atoms with E-state index >= 15 is 0 Å². The lowest BCUT2D eigenvalue weighted by Gasteiger charge is -2.32. The Morgan fingerprint density at radius 3 is 2.81 bits per heavy atom. The minimum absolute atomic E-state index is 0.420. The highest BCUT2D eigenvalue weighted by Gasteiger charge is 2.21. The Labute approximate surface area is 128 Å². The second kappa shape index (κ2) is 5.78. The van der Waals surface area contributed by atoms with Crippen LogP contribution in [0, 0.1) is 0 Å². The van der Waals surface area contributed by atoms with Gasteiger partial charge in [-0.05, 0) is 48.2 Å². The summed E-state index contributed by atoms with van der Waals surface area (Å²) in [7, 11) is 0. The Bertz CT molecular complexity index is 684. The number of fused-ring (bicyclic) bond motifs is 1. The van der Waals surface area contributed by atoms with Gasteiger partial charge in [-0.15, -0.1) is 0 Å². The van der Waals surface area contributed by atoms with Crippen molar-refractivity contribution in [2.45, 2.75) is 19.4 Å². The molecule has 1 heterocycles. The topological polar surface area (TPSA) is 40.5 Å². The molecule has 4 heteroatoms. The van der Waals surface area contributed by atoms with Crippen molar-refractivity contribution in [2.75, 3.05) is 11.4 Å². The quantitative estimate of drug-likeness (QED) is 0.932. The number of carboxylic acids is 1. The second-order valence-electron chi connectivity index (χ2n) is 5.26. The number of aromatic carboxylic acids is 1. The van der Waals surface area contributed by atoms with Crippen LogP contribution in [-0.4, -0.2) is 17.6 Å². The van der Waals surface area contributed by atoms with Crippen LogP contribution in [0.2, 0.25) is 5.02 Å². The van der Waals surface area contributed by atoms with E-state index in [9.17, 15) is 9.90 Å². The summed E-state index contributed by atoms with van der Waals surface area (Å²) >= 11 is 6.03. The highest BCUT2D eigenvalue weighted by atomic mass is 35.5. The molecule has 108 valence electrons. The van der Waals surface area contributed by atoms with Crippen molar-refractivity contribution >= 4 is 23.3 Å². The maximum atomic E-state index is 11.3. The molecule has 0 aromatic heterocycles. The first kappa shape index (κ1) is 14.0. The van der Waals surface area contributed by atoms with Gasteiger partial charge in [0, 0.05) is 23.8 Å². The van der Waals surface area contributed by atoms with E-state index in [1.165, 1.54) is 0 Å². The Morgan fingerprint density at radius 1 is 1.24 bits per heavy atom. The van der Waals surface area contributed by atoms with Gasteiger partial charge in [0.25, 0.3) is 0 Å². The predicted octanol–water partition coefficient (Wildman–Crippen LogP) is 3.99. The Balaban J connectivity index is 1.94. The average molecular weight is 302 g/mol. The van der Waals surface area contributed by atoms with Crippen molar-refractivity contribution in [2.24, 2.45) is 0 Å². The Kier molecular flexibility index (Phi) is 3.84. The lowest BCUT2D eigenvalue weighted by molar-refractivity contribution is 0.0695. The molecular formula is C17H16ClNO2. The highest BCUT2D eigenvalue weighted by molar-refractivity contribution is 6.30. The van der Waals surface area contributed by atoms with Crippen LogP contribution < -0.4 is 4.90 Å². The van der Waals surface area contributed by atoms with Crippen molar-refractivity contribution in [3.8, 4) is 0 Å². The Morgan fingerprint density at radius 2 is 2.05 bits per heavy atom. The van der Waals surface area contributed by atoms with Gasteiger partial charge >= 0.3 is 5.97 Å². The molecule has 0 atom stereocenters. The highest BCUT2D eigenvalue weighted by Crippen LogP contribution is 2.31. The zero-order valence-electron chi connectivity index (χ0n) is 11.6. The van der Waals surface area contributed by atoms with Gasteiger partial charge in [0.15, 0.2) is 0 Å². The summed E-state index contributed by atoms with van der Waals surface area (Å²) in [6.07, 6.45) is 1.79. The molecule has 21 heavy (non-hydrogen) atoms. The lowest BCUT2D eigenvalue weighted by Crippen LogP contribution is -2.29. The van der Waals surface area contributed by atoms with Crippen LogP contribution in [0.5, 0.6) is 0 Å². The van der Waals surface area contributed by atoms with Crippen molar-refractivity contribution in [1.29, 1.82) is 0 Å². The van der Waals surface area contributed by atoms with Gasteiger partial charge in [0.2, 0.25) is 0 Å². The zero-order valence-corrected chi connectivity index (χ0v) is 12.3. The molecule has 2 aromatic rings. The molecule has 3 rings (SSSR count). The van der Waals surface area contributed by atoms with Gasteiger partial charge in [-0.3, -0.25) is 0 Å². The van der Waals surface area contributed by atoms with Crippen LogP contribution >= 0.6 is 11.6 Å². The molecule has 0 fully saturated rings. The SMILES string of the molecule is O=C(O)c1cccc2c1CCCN2Cc1cccc(Cl)c1. The van der Waals surface area contributed by atoms with Crippen LogP contribution in [0.25, 0.3) is 0 Å². The molecule has 0 saturated carbocycles. The Hall–Kier alpha value is -2.00. The van der Waals surface area contributed by atoms with Gasteiger partial charge in [0.05, 0.1) is 5.56 Å². The third kappa shape index (κ3) is 2.88. The maximum absolute atomic E-state index is 11.3. The lowest BCUT2D eigenvalue weighted by atomic mass is 9.96. The van der Waals surface area contributed by atoms with Crippen LogP contribution in [0.3, 0.4) is 0 Å². The molecule has 0 aliphatic carbocycles. The number of hydrogen-bond acceptors (Lipinski definition) is 2. The molecule has 2 aromatic carbocycles. The van der Waals surface area contributed by atoms with E-state index in [0.717, 1.165) is 47.8 Å². The number of halogens is 1. The van der Waals surface area contributed by atoms with Crippen LogP contribution in [0.1, 0.15) is 27.9 Å². The number of carboxylic acid groups (broad SMARTS) is 1. The van der Waals surface area contributed by atoms with E-state index in [-0.39, 0.29) is 0 Å². The zero-order chi connectivity index (χ0) is 14.8. The summed E-state index contributed by atoms with van der Waals surface area (Å²) in [5.74, 6) is -0.851. The van der Waals surface area contributed by atoms with Gasteiger partial charge in [-0.25, -0.2) is 4.79 Å².